The van der Waals surface area contributed by atoms with Crippen LogP contribution in [0.5, 0.6) is 0 Å². The average molecular weight is 235 g/mol. The number of rotatable bonds is 4. The molecular formula is C10H13N5O2. The summed E-state index contributed by atoms with van der Waals surface area (Å²) in [5.41, 5.74) is 17.4. The Balaban J connectivity index is 1.85. The number of benzene rings is 1. The second-order valence-electron chi connectivity index (χ2n) is 3.37. The molecule has 0 saturated heterocycles. The summed E-state index contributed by atoms with van der Waals surface area (Å²) in [6, 6.07) is 9.72. The van der Waals surface area contributed by atoms with Gasteiger partial charge in [0.15, 0.2) is 5.84 Å². The summed E-state index contributed by atoms with van der Waals surface area (Å²) < 4.78 is 0. The maximum absolute atomic E-state index is 5.70. The first-order chi connectivity index (χ1) is 8.27. The fraction of sp³-hybridized carbons (Fsp3) is 0.100. The third kappa shape index (κ3) is 2.86. The van der Waals surface area contributed by atoms with Crippen molar-refractivity contribution in [1.29, 1.82) is 0 Å². The van der Waals surface area contributed by atoms with Gasteiger partial charge in [-0.1, -0.05) is 35.5 Å². The van der Waals surface area contributed by atoms with Crippen LogP contribution in [-0.2, 0) is 16.4 Å². The van der Waals surface area contributed by atoms with Gasteiger partial charge in [-0.3, -0.25) is 0 Å². The number of nitrogens with zero attached hydrogens (tertiary/aromatic N) is 2. The fourth-order valence-electron chi connectivity index (χ4n) is 1.25. The van der Waals surface area contributed by atoms with Crippen molar-refractivity contribution in [1.82, 2.24) is 0 Å². The number of hydrogen-bond donors (Lipinski definition) is 3. The first-order valence-corrected chi connectivity index (χ1v) is 4.97. The van der Waals surface area contributed by atoms with Crippen LogP contribution >= 0.6 is 0 Å². The Morgan fingerprint density at radius 3 is 2.82 bits per heavy atom. The molecule has 6 N–H and O–H groups in total. The van der Waals surface area contributed by atoms with Crippen molar-refractivity contribution in [2.24, 2.45) is 16.6 Å². The van der Waals surface area contributed by atoms with Crippen LogP contribution < -0.4 is 16.9 Å². The zero-order chi connectivity index (χ0) is 12.1. The summed E-state index contributed by atoms with van der Waals surface area (Å²) >= 11 is 0. The lowest BCUT2D eigenvalue weighted by atomic mass is 10.2. The smallest absolute Gasteiger partial charge is 0.219 e. The van der Waals surface area contributed by atoms with Crippen LogP contribution in [0.3, 0.4) is 0 Å². The van der Waals surface area contributed by atoms with Gasteiger partial charge in [0.1, 0.15) is 6.61 Å². The topological polar surface area (TPSA) is 114 Å². The molecule has 2 rings (SSSR count). The monoisotopic (exact) mass is 235 g/mol. The second-order valence-corrected chi connectivity index (χ2v) is 3.37. The number of hydroxylamine groups is 2. The van der Waals surface area contributed by atoms with E-state index in [0.29, 0.717) is 6.61 Å². The molecule has 1 aromatic rings. The molecule has 0 aliphatic carbocycles. The number of nitrogens with two attached hydrogens (primary N) is 3. The van der Waals surface area contributed by atoms with E-state index < -0.39 is 0 Å². The van der Waals surface area contributed by atoms with Gasteiger partial charge in [0.05, 0.1) is 0 Å². The Labute approximate surface area is 98.0 Å². The zero-order valence-corrected chi connectivity index (χ0v) is 9.04. The Morgan fingerprint density at radius 2 is 2.18 bits per heavy atom. The van der Waals surface area contributed by atoms with E-state index in [1.54, 1.807) is 0 Å². The molecule has 0 spiro atoms. The minimum Gasteiger partial charge on any atom is -0.470 e. The molecule has 0 saturated carbocycles. The van der Waals surface area contributed by atoms with Gasteiger partial charge in [-0.25, -0.2) is 0 Å². The van der Waals surface area contributed by atoms with Crippen molar-refractivity contribution < 1.29 is 15.3 Å². The quantitative estimate of drug-likeness (QED) is 0.604. The normalized spacial score (nSPS) is 17.1. The van der Waals surface area contributed by atoms with E-state index in [1.165, 1.54) is 5.48 Å². The molecule has 7 nitrogen and oxygen atoms in total. The molecule has 1 aliphatic heterocycles. The molecule has 0 fully saturated rings. The van der Waals surface area contributed by atoms with Gasteiger partial charge in [-0.15, -0.1) is 0 Å². The predicted octanol–water partition coefficient (Wildman–Crippen LogP) is -0.599. The molecule has 0 amide bonds. The molecule has 0 atom stereocenters. The van der Waals surface area contributed by atoms with E-state index >= 15 is 0 Å². The standard InChI is InChI=1S/C10H12N5O2/c11-9(8-10(12)15-17-13-8)14-16-6-7-4-2-1-3-5-7/h1-5,14H,6,11H2,(H2,12,15)/q-1/p+1. The summed E-state index contributed by atoms with van der Waals surface area (Å²) in [5.74, 6) is 0.418. The van der Waals surface area contributed by atoms with Crippen molar-refractivity contribution in [3.8, 4) is 0 Å². The summed E-state index contributed by atoms with van der Waals surface area (Å²) in [6.45, 7) is 0.423. The number of oxime groups is 1. The van der Waals surface area contributed by atoms with E-state index in [2.05, 4.69) is 15.6 Å². The first kappa shape index (κ1) is 11.2. The summed E-state index contributed by atoms with van der Waals surface area (Å²) in [4.78, 5) is 9.74. The van der Waals surface area contributed by atoms with Crippen LogP contribution in [0.4, 0.5) is 0 Å². The predicted molar refractivity (Wildman–Crippen MR) is 60.4 cm³/mol. The third-order valence-corrected chi connectivity index (χ3v) is 2.09. The molecular weight excluding hydrogens is 222 g/mol. The van der Waals surface area contributed by atoms with Crippen LogP contribution in [-0.4, -0.2) is 5.84 Å². The number of hydrogen-bond acceptors (Lipinski definition) is 5. The molecule has 0 unspecified atom stereocenters. The second kappa shape index (κ2) is 5.19. The van der Waals surface area contributed by atoms with Gasteiger partial charge >= 0.3 is 0 Å². The SMILES string of the molecule is NC1=NO[N-]C1=C(N)[NH2+]OCc1ccccc1. The van der Waals surface area contributed by atoms with Crippen molar-refractivity contribution >= 4 is 5.84 Å². The highest BCUT2D eigenvalue weighted by Gasteiger charge is 2.09. The maximum atomic E-state index is 5.70. The Hall–Kier alpha value is -2.25. The summed E-state index contributed by atoms with van der Waals surface area (Å²) in [5, 5.41) is 3.42. The van der Waals surface area contributed by atoms with Crippen molar-refractivity contribution in [2.75, 3.05) is 0 Å². The van der Waals surface area contributed by atoms with Gasteiger partial charge < -0.3 is 21.9 Å². The first-order valence-electron chi connectivity index (χ1n) is 4.97. The van der Waals surface area contributed by atoms with Gasteiger partial charge in [0, 0.05) is 5.70 Å². The van der Waals surface area contributed by atoms with Crippen LogP contribution in [0, 0.1) is 0 Å². The minimum absolute atomic E-state index is 0.141. The van der Waals surface area contributed by atoms with E-state index in [9.17, 15) is 0 Å². The van der Waals surface area contributed by atoms with Crippen molar-refractivity contribution in [3.05, 3.63) is 52.9 Å². The van der Waals surface area contributed by atoms with E-state index in [-0.39, 0.29) is 17.4 Å². The molecule has 90 valence electrons. The van der Waals surface area contributed by atoms with Gasteiger partial charge in [0.2, 0.25) is 5.82 Å². The highest BCUT2D eigenvalue weighted by atomic mass is 16.8. The Bertz CT molecular complexity index is 443. The largest absolute Gasteiger partial charge is 0.470 e. The van der Waals surface area contributed by atoms with Crippen LogP contribution in [0.1, 0.15) is 5.56 Å². The molecule has 1 aliphatic rings. The Morgan fingerprint density at radius 1 is 1.41 bits per heavy atom. The molecule has 0 radical (unpaired) electrons. The van der Waals surface area contributed by atoms with Crippen molar-refractivity contribution in [2.45, 2.75) is 6.61 Å². The minimum atomic E-state index is 0.141. The highest BCUT2D eigenvalue weighted by molar-refractivity contribution is 6.00. The zero-order valence-electron chi connectivity index (χ0n) is 9.04. The molecule has 1 heterocycles. The molecule has 1 aromatic carbocycles. The number of quaternary nitrogens is 1. The molecule has 0 bridgehead atoms. The maximum Gasteiger partial charge on any atom is 0.219 e. The lowest BCUT2D eigenvalue weighted by molar-refractivity contribution is -0.867. The highest BCUT2D eigenvalue weighted by Crippen LogP contribution is 2.13. The average Bonchev–Trinajstić information content (AvgIpc) is 2.77. The molecule has 17 heavy (non-hydrogen) atoms. The fourth-order valence-corrected chi connectivity index (χ4v) is 1.25. The molecule has 7 heteroatoms. The van der Waals surface area contributed by atoms with Crippen molar-refractivity contribution in [3.63, 3.8) is 0 Å². The van der Waals surface area contributed by atoms with Crippen LogP contribution in [0.2, 0.25) is 0 Å². The van der Waals surface area contributed by atoms with E-state index in [0.717, 1.165) is 5.56 Å². The third-order valence-electron chi connectivity index (χ3n) is 2.09. The van der Waals surface area contributed by atoms with Gasteiger partial charge in [-0.05, 0) is 5.56 Å². The summed E-state index contributed by atoms with van der Waals surface area (Å²) in [7, 11) is 0. The number of amidine groups is 1. The molecule has 0 aromatic heterocycles. The van der Waals surface area contributed by atoms with E-state index in [4.69, 9.17) is 16.3 Å². The van der Waals surface area contributed by atoms with Crippen LogP contribution in [0.25, 0.3) is 5.48 Å². The summed E-state index contributed by atoms with van der Waals surface area (Å²) in [6.07, 6.45) is 0. The lowest BCUT2D eigenvalue weighted by Gasteiger charge is -2.11. The van der Waals surface area contributed by atoms with E-state index in [1.807, 2.05) is 30.3 Å². The Kier molecular flexibility index (Phi) is 3.43. The van der Waals surface area contributed by atoms with Gasteiger partial charge in [0.25, 0.3) is 0 Å². The lowest BCUT2D eigenvalue weighted by Crippen LogP contribution is -2.83. The van der Waals surface area contributed by atoms with Gasteiger partial charge in [-0.2, -0.15) is 10.3 Å². The van der Waals surface area contributed by atoms with Crippen LogP contribution in [0.15, 0.2) is 47.0 Å².